The maximum absolute atomic E-state index is 13.4. The number of amides is 1. The van der Waals surface area contributed by atoms with E-state index in [2.05, 4.69) is 10.9 Å². The Labute approximate surface area is 167 Å². The molecule has 1 heterocycles. The fourth-order valence-corrected chi connectivity index (χ4v) is 4.20. The van der Waals surface area contributed by atoms with Gasteiger partial charge in [-0.1, -0.05) is 18.6 Å². The van der Waals surface area contributed by atoms with E-state index < -0.39 is 0 Å². The second-order valence-electron chi connectivity index (χ2n) is 7.85. The summed E-state index contributed by atoms with van der Waals surface area (Å²) in [5.74, 6) is 0.151. The van der Waals surface area contributed by atoms with E-state index in [0.29, 0.717) is 6.04 Å². The van der Waals surface area contributed by atoms with Crippen LogP contribution in [0.25, 0.3) is 0 Å². The van der Waals surface area contributed by atoms with Gasteiger partial charge >= 0.3 is 0 Å². The fourth-order valence-electron chi connectivity index (χ4n) is 4.20. The van der Waals surface area contributed by atoms with E-state index >= 15 is 0 Å². The van der Waals surface area contributed by atoms with Crippen molar-refractivity contribution >= 4 is 18.3 Å². The van der Waals surface area contributed by atoms with Gasteiger partial charge < -0.3 is 10.6 Å². The van der Waals surface area contributed by atoms with Crippen molar-refractivity contribution in [1.82, 2.24) is 15.8 Å². The van der Waals surface area contributed by atoms with E-state index in [9.17, 15) is 9.18 Å². The quantitative estimate of drug-likeness (QED) is 0.689. The van der Waals surface area contributed by atoms with Gasteiger partial charge in [-0.15, -0.1) is 12.4 Å². The Hall–Kier alpha value is -1.21. The van der Waals surface area contributed by atoms with Gasteiger partial charge in [0, 0.05) is 37.6 Å². The molecule has 2 aliphatic rings. The summed E-state index contributed by atoms with van der Waals surface area (Å²) in [4.78, 5) is 14.4. The number of carbonyl (C=O) groups excluding carboxylic acids is 1. The van der Waals surface area contributed by atoms with Gasteiger partial charge in [-0.2, -0.15) is 0 Å². The molecule has 1 aliphatic carbocycles. The van der Waals surface area contributed by atoms with Gasteiger partial charge in [-0.3, -0.25) is 15.6 Å². The Morgan fingerprint density at radius 1 is 1.30 bits per heavy atom. The van der Waals surface area contributed by atoms with Gasteiger partial charge in [0.2, 0.25) is 5.91 Å². The molecule has 0 aromatic heterocycles. The molecule has 0 radical (unpaired) electrons. The predicted molar refractivity (Wildman–Crippen MR) is 108 cm³/mol. The van der Waals surface area contributed by atoms with Crippen LogP contribution in [0.5, 0.6) is 0 Å². The zero-order chi connectivity index (χ0) is 18.5. The molecule has 4 unspecified atom stereocenters. The van der Waals surface area contributed by atoms with Crippen LogP contribution in [0, 0.1) is 11.7 Å². The van der Waals surface area contributed by atoms with Crippen molar-refractivity contribution in [2.45, 2.75) is 63.1 Å². The Balaban J connectivity index is 0.00000261. The predicted octanol–water partition coefficient (Wildman–Crippen LogP) is 2.91. The van der Waals surface area contributed by atoms with Crippen molar-refractivity contribution in [3.05, 3.63) is 35.6 Å². The van der Waals surface area contributed by atoms with Gasteiger partial charge in [0.1, 0.15) is 5.82 Å². The van der Waals surface area contributed by atoms with E-state index in [1.54, 1.807) is 12.1 Å². The first-order valence-corrected chi connectivity index (χ1v) is 9.80. The molecule has 1 amide bonds. The first-order valence-electron chi connectivity index (χ1n) is 9.80. The number of nitrogens with zero attached hydrogens (tertiary/aromatic N) is 1. The highest BCUT2D eigenvalue weighted by atomic mass is 35.5. The van der Waals surface area contributed by atoms with Crippen LogP contribution >= 0.6 is 12.4 Å². The summed E-state index contributed by atoms with van der Waals surface area (Å²) in [6, 6.07) is 7.41. The van der Waals surface area contributed by atoms with Crippen LogP contribution in [0.2, 0.25) is 0 Å². The average molecular weight is 399 g/mol. The first-order chi connectivity index (χ1) is 12.5. The highest BCUT2D eigenvalue weighted by molar-refractivity contribution is 5.85. The van der Waals surface area contributed by atoms with Gasteiger partial charge in [0.15, 0.2) is 0 Å². The number of hydrazine groups is 1. The van der Waals surface area contributed by atoms with Crippen LogP contribution in [0.4, 0.5) is 4.39 Å². The SMILES string of the molecule is CN(CCCC1CC(c2cccc(F)c2)NN1)C(=O)C1CCCC(N)C1.Cl. The summed E-state index contributed by atoms with van der Waals surface area (Å²) in [6.07, 6.45) is 6.77. The number of nitrogens with one attached hydrogen (secondary N) is 2. The highest BCUT2D eigenvalue weighted by Crippen LogP contribution is 2.26. The van der Waals surface area contributed by atoms with Crippen molar-refractivity contribution in [1.29, 1.82) is 0 Å². The largest absolute Gasteiger partial charge is 0.346 e. The molecule has 5 nitrogen and oxygen atoms in total. The monoisotopic (exact) mass is 398 g/mol. The second kappa shape index (κ2) is 10.4. The summed E-state index contributed by atoms with van der Waals surface area (Å²) >= 11 is 0. The minimum Gasteiger partial charge on any atom is -0.346 e. The lowest BCUT2D eigenvalue weighted by molar-refractivity contribution is -0.135. The lowest BCUT2D eigenvalue weighted by atomic mass is 9.85. The summed E-state index contributed by atoms with van der Waals surface area (Å²) in [5, 5.41) is 0. The number of hydrogen-bond donors (Lipinski definition) is 3. The summed E-state index contributed by atoms with van der Waals surface area (Å²) < 4.78 is 13.4. The third-order valence-electron chi connectivity index (χ3n) is 5.72. The fraction of sp³-hybridized carbons (Fsp3) is 0.650. The third-order valence-corrected chi connectivity index (χ3v) is 5.72. The summed E-state index contributed by atoms with van der Waals surface area (Å²) in [7, 11) is 1.90. The number of rotatable bonds is 6. The Morgan fingerprint density at radius 2 is 2.11 bits per heavy atom. The Morgan fingerprint density at radius 3 is 2.85 bits per heavy atom. The van der Waals surface area contributed by atoms with E-state index in [1.165, 1.54) is 6.07 Å². The van der Waals surface area contributed by atoms with Crippen molar-refractivity contribution < 1.29 is 9.18 Å². The molecular weight excluding hydrogens is 367 g/mol. The molecule has 7 heteroatoms. The summed E-state index contributed by atoms with van der Waals surface area (Å²) in [5.41, 5.74) is 13.5. The maximum atomic E-state index is 13.4. The van der Waals surface area contributed by atoms with Crippen LogP contribution in [0.3, 0.4) is 0 Å². The number of benzene rings is 1. The molecule has 4 atom stereocenters. The number of halogens is 2. The zero-order valence-corrected chi connectivity index (χ0v) is 16.8. The molecule has 152 valence electrons. The molecule has 1 saturated carbocycles. The van der Waals surface area contributed by atoms with Crippen molar-refractivity contribution in [3.63, 3.8) is 0 Å². The molecule has 1 aromatic rings. The number of nitrogens with two attached hydrogens (primary N) is 1. The first kappa shape index (κ1) is 22.1. The summed E-state index contributed by atoms with van der Waals surface area (Å²) in [6.45, 7) is 0.771. The van der Waals surface area contributed by atoms with E-state index in [0.717, 1.165) is 57.1 Å². The molecule has 1 saturated heterocycles. The van der Waals surface area contributed by atoms with Crippen molar-refractivity contribution in [3.8, 4) is 0 Å². The van der Waals surface area contributed by atoms with Crippen molar-refractivity contribution in [2.24, 2.45) is 11.7 Å². The zero-order valence-electron chi connectivity index (χ0n) is 16.0. The molecule has 3 rings (SSSR count). The Kier molecular flexibility index (Phi) is 8.48. The molecule has 2 fully saturated rings. The standard InChI is InChI=1S/C20H31FN4O.ClH/c1-25(20(26)15-6-3-8-17(22)12-15)10-4-9-18-13-19(24-23-18)14-5-2-7-16(21)11-14;/h2,5,7,11,15,17-19,23-24H,3-4,6,8-10,12-13,22H2,1H3;1H. The minimum absolute atomic E-state index is 0. The van der Waals surface area contributed by atoms with Gasteiger partial charge in [-0.05, 0) is 56.2 Å². The maximum Gasteiger partial charge on any atom is 0.225 e. The van der Waals surface area contributed by atoms with E-state index in [1.807, 2.05) is 18.0 Å². The van der Waals surface area contributed by atoms with Crippen LogP contribution < -0.4 is 16.6 Å². The second-order valence-corrected chi connectivity index (χ2v) is 7.85. The van der Waals surface area contributed by atoms with Crippen LogP contribution in [-0.4, -0.2) is 36.5 Å². The average Bonchev–Trinajstić information content (AvgIpc) is 3.10. The number of carbonyl (C=O) groups is 1. The van der Waals surface area contributed by atoms with Gasteiger partial charge in [0.25, 0.3) is 0 Å². The molecule has 1 aromatic carbocycles. The van der Waals surface area contributed by atoms with Crippen LogP contribution in [0.15, 0.2) is 24.3 Å². The normalized spacial score (nSPS) is 27.8. The van der Waals surface area contributed by atoms with E-state index in [4.69, 9.17) is 5.73 Å². The van der Waals surface area contributed by atoms with E-state index in [-0.39, 0.29) is 42.1 Å². The molecular formula is C20H32ClFN4O. The molecule has 4 N–H and O–H groups in total. The third kappa shape index (κ3) is 6.14. The molecule has 27 heavy (non-hydrogen) atoms. The van der Waals surface area contributed by atoms with Crippen LogP contribution in [-0.2, 0) is 4.79 Å². The smallest absolute Gasteiger partial charge is 0.225 e. The van der Waals surface area contributed by atoms with Crippen molar-refractivity contribution in [2.75, 3.05) is 13.6 Å². The lowest BCUT2D eigenvalue weighted by Crippen LogP contribution is -2.39. The Bertz CT molecular complexity index is 617. The lowest BCUT2D eigenvalue weighted by Gasteiger charge is -2.29. The minimum atomic E-state index is -0.199. The van der Waals surface area contributed by atoms with Gasteiger partial charge in [0.05, 0.1) is 0 Å². The molecule has 1 aliphatic heterocycles. The molecule has 0 spiro atoms. The van der Waals surface area contributed by atoms with Crippen LogP contribution in [0.1, 0.15) is 56.6 Å². The topological polar surface area (TPSA) is 70.4 Å². The molecule has 0 bridgehead atoms. The highest BCUT2D eigenvalue weighted by Gasteiger charge is 2.28. The van der Waals surface area contributed by atoms with Gasteiger partial charge in [-0.25, -0.2) is 4.39 Å². The number of hydrogen-bond acceptors (Lipinski definition) is 4.